The van der Waals surface area contributed by atoms with Crippen molar-refractivity contribution >= 4 is 17.5 Å². The highest BCUT2D eigenvalue weighted by molar-refractivity contribution is 7.90. The molecule has 1 saturated heterocycles. The fourth-order valence-corrected chi connectivity index (χ4v) is 4.57. The first-order valence-electron chi connectivity index (χ1n) is 10.6. The van der Waals surface area contributed by atoms with Gasteiger partial charge >= 0.3 is 6.09 Å². The largest absolute Gasteiger partial charge is 0.598 e. The first kappa shape index (κ1) is 25.0. The van der Waals surface area contributed by atoms with Crippen molar-refractivity contribution in [2.75, 3.05) is 19.7 Å². The lowest BCUT2D eigenvalue weighted by atomic mass is 9.74. The minimum absolute atomic E-state index is 0.0479. The van der Waals surface area contributed by atoms with Crippen LogP contribution in [0.5, 0.6) is 0 Å². The Balaban J connectivity index is 2.07. The number of likely N-dealkylation sites (tertiary alicyclic amines) is 1. The second kappa shape index (κ2) is 9.90. The number of nitrogens with zero attached hydrogens (tertiary/aromatic N) is 1. The summed E-state index contributed by atoms with van der Waals surface area (Å²) >= 11 is -1.24. The lowest BCUT2D eigenvalue weighted by Gasteiger charge is -2.40. The summed E-state index contributed by atoms with van der Waals surface area (Å²) in [6, 6.07) is 9.53. The molecule has 0 aliphatic carbocycles. The van der Waals surface area contributed by atoms with Gasteiger partial charge in [0.25, 0.3) is 0 Å². The summed E-state index contributed by atoms with van der Waals surface area (Å²) in [5.41, 5.74) is 0.376. The molecule has 30 heavy (non-hydrogen) atoms. The molecule has 1 unspecified atom stereocenters. The van der Waals surface area contributed by atoms with Crippen LogP contribution in [0.1, 0.15) is 59.9 Å². The van der Waals surface area contributed by atoms with Crippen LogP contribution in [0, 0.1) is 10.8 Å². The molecule has 2 N–H and O–H groups in total. The molecule has 1 heterocycles. The summed E-state index contributed by atoms with van der Waals surface area (Å²) in [4.78, 5) is 14.4. The van der Waals surface area contributed by atoms with E-state index in [0.29, 0.717) is 19.5 Å². The van der Waals surface area contributed by atoms with Crippen LogP contribution < -0.4 is 4.72 Å². The minimum Gasteiger partial charge on any atom is -0.598 e. The number of aliphatic hydroxyl groups excluding tert-OH is 1. The van der Waals surface area contributed by atoms with Crippen molar-refractivity contribution in [3.63, 3.8) is 0 Å². The van der Waals surface area contributed by atoms with Gasteiger partial charge in [-0.05, 0) is 44.6 Å². The predicted molar refractivity (Wildman–Crippen MR) is 121 cm³/mol. The maximum atomic E-state index is 12.9. The third-order valence-electron chi connectivity index (χ3n) is 5.80. The predicted octanol–water partition coefficient (Wildman–Crippen LogP) is 3.86. The molecule has 1 aliphatic rings. The Bertz CT molecular complexity index is 692. The summed E-state index contributed by atoms with van der Waals surface area (Å²) in [6.07, 6.45) is 1.13. The number of rotatable bonds is 8. The van der Waals surface area contributed by atoms with Crippen molar-refractivity contribution in [2.45, 2.75) is 71.8 Å². The number of hydrogen-bond donors (Lipinski definition) is 2. The number of carbonyl (C=O) groups excluding carboxylic acids is 1. The van der Waals surface area contributed by atoms with Crippen LogP contribution in [-0.4, -0.2) is 51.1 Å². The average Bonchev–Trinajstić information content (AvgIpc) is 3.09. The SMILES string of the molecule is CC(C)(CO)C[C@H](N[S+]([O-])C(C)(C)C)[C@]1(C)CCN(C(=O)OCc2ccccc2)C1. The molecule has 1 amide bonds. The van der Waals surface area contributed by atoms with Crippen molar-refractivity contribution < 1.29 is 19.2 Å². The second-order valence-corrected chi connectivity index (χ2v) is 12.4. The van der Waals surface area contributed by atoms with Gasteiger partial charge in [0.2, 0.25) is 0 Å². The molecule has 1 aliphatic heterocycles. The highest BCUT2D eigenvalue weighted by Crippen LogP contribution is 2.39. The fourth-order valence-electron chi connectivity index (χ4n) is 3.59. The third-order valence-corrected chi connectivity index (χ3v) is 7.41. The van der Waals surface area contributed by atoms with E-state index in [1.807, 2.05) is 65.0 Å². The first-order chi connectivity index (χ1) is 13.9. The van der Waals surface area contributed by atoms with Crippen LogP contribution in [0.15, 0.2) is 30.3 Å². The van der Waals surface area contributed by atoms with E-state index in [1.54, 1.807) is 4.90 Å². The number of benzene rings is 1. The van der Waals surface area contributed by atoms with Gasteiger partial charge in [-0.15, -0.1) is 4.72 Å². The van der Waals surface area contributed by atoms with Gasteiger partial charge < -0.3 is 19.3 Å². The number of hydrogen-bond acceptors (Lipinski definition) is 5. The molecule has 6 nitrogen and oxygen atoms in total. The highest BCUT2D eigenvalue weighted by atomic mass is 32.2. The Morgan fingerprint density at radius 2 is 1.93 bits per heavy atom. The second-order valence-electron chi connectivity index (χ2n) is 10.4. The monoisotopic (exact) mass is 438 g/mol. The van der Waals surface area contributed by atoms with E-state index in [1.165, 1.54) is 0 Å². The summed E-state index contributed by atoms with van der Waals surface area (Å²) in [5, 5.41) is 9.79. The number of nitrogens with one attached hydrogen (secondary N) is 1. The summed E-state index contributed by atoms with van der Waals surface area (Å²) in [5.74, 6) is 0. The van der Waals surface area contributed by atoms with Gasteiger partial charge in [-0.2, -0.15) is 0 Å². The van der Waals surface area contributed by atoms with E-state index >= 15 is 0 Å². The highest BCUT2D eigenvalue weighted by Gasteiger charge is 2.47. The van der Waals surface area contributed by atoms with Crippen molar-refractivity contribution in [3.8, 4) is 0 Å². The topological polar surface area (TPSA) is 84.9 Å². The Morgan fingerprint density at radius 3 is 2.50 bits per heavy atom. The third kappa shape index (κ3) is 6.87. The van der Waals surface area contributed by atoms with Crippen LogP contribution in [0.2, 0.25) is 0 Å². The van der Waals surface area contributed by atoms with Gasteiger partial charge in [0, 0.05) is 36.5 Å². The molecule has 0 saturated carbocycles. The van der Waals surface area contributed by atoms with Crippen LogP contribution >= 0.6 is 0 Å². The lowest BCUT2D eigenvalue weighted by molar-refractivity contribution is 0.0894. The first-order valence-corrected chi connectivity index (χ1v) is 11.8. The van der Waals surface area contributed by atoms with Crippen molar-refractivity contribution in [2.24, 2.45) is 10.8 Å². The molecule has 1 aromatic carbocycles. The van der Waals surface area contributed by atoms with Crippen LogP contribution in [0.4, 0.5) is 4.79 Å². The molecule has 0 bridgehead atoms. The van der Waals surface area contributed by atoms with E-state index in [-0.39, 0.29) is 36.2 Å². The Morgan fingerprint density at radius 1 is 1.30 bits per heavy atom. The molecule has 1 fully saturated rings. The molecule has 170 valence electrons. The molecular weight excluding hydrogens is 400 g/mol. The van der Waals surface area contributed by atoms with Gasteiger partial charge in [-0.3, -0.25) is 0 Å². The standard InChI is InChI=1S/C23H38N2O4S/c1-21(2,3)30(28)24-19(14-22(4,5)17-26)23(6)12-13-25(16-23)20(27)29-15-18-10-8-7-9-11-18/h7-11,19,24,26H,12-17H2,1-6H3/t19-,23+,30?/m0/s1. The van der Waals surface area contributed by atoms with Gasteiger partial charge in [-0.1, -0.05) is 51.1 Å². The number of carbonyl (C=O) groups is 1. The van der Waals surface area contributed by atoms with Gasteiger partial charge in [-0.25, -0.2) is 4.79 Å². The zero-order valence-electron chi connectivity index (χ0n) is 19.2. The smallest absolute Gasteiger partial charge is 0.410 e. The fraction of sp³-hybridized carbons (Fsp3) is 0.696. The number of amides is 1. The molecule has 2 rings (SSSR count). The van der Waals surface area contributed by atoms with Crippen LogP contribution in [0.25, 0.3) is 0 Å². The maximum Gasteiger partial charge on any atom is 0.410 e. The van der Waals surface area contributed by atoms with Gasteiger partial charge in [0.05, 0.1) is 6.04 Å². The Hall–Kier alpha value is -1.28. The van der Waals surface area contributed by atoms with Crippen LogP contribution in [0.3, 0.4) is 0 Å². The van der Waals surface area contributed by atoms with E-state index in [0.717, 1.165) is 12.0 Å². The number of ether oxygens (including phenoxy) is 1. The van der Waals surface area contributed by atoms with E-state index in [4.69, 9.17) is 4.74 Å². The van der Waals surface area contributed by atoms with Gasteiger partial charge in [0.15, 0.2) is 0 Å². The lowest BCUT2D eigenvalue weighted by Crippen LogP contribution is -2.54. The zero-order chi connectivity index (χ0) is 22.6. The summed E-state index contributed by atoms with van der Waals surface area (Å²) < 4.78 is 21.3. The average molecular weight is 439 g/mol. The zero-order valence-corrected chi connectivity index (χ0v) is 20.1. The van der Waals surface area contributed by atoms with E-state index in [9.17, 15) is 14.5 Å². The quantitative estimate of drug-likeness (QED) is 0.602. The Labute approximate surface area is 184 Å². The van der Waals surface area contributed by atoms with E-state index < -0.39 is 16.1 Å². The maximum absolute atomic E-state index is 12.9. The van der Waals surface area contributed by atoms with E-state index in [2.05, 4.69) is 11.6 Å². The molecule has 1 aromatic rings. The molecule has 0 aromatic heterocycles. The molecule has 0 spiro atoms. The molecule has 0 radical (unpaired) electrons. The molecule has 3 atom stereocenters. The normalized spacial score (nSPS) is 22.1. The van der Waals surface area contributed by atoms with Crippen molar-refractivity contribution in [1.82, 2.24) is 9.62 Å². The Kier molecular flexibility index (Phi) is 8.24. The van der Waals surface area contributed by atoms with Crippen molar-refractivity contribution in [3.05, 3.63) is 35.9 Å². The minimum atomic E-state index is -1.24. The summed E-state index contributed by atoms with van der Waals surface area (Å²) in [7, 11) is 0. The summed E-state index contributed by atoms with van der Waals surface area (Å²) in [6.45, 7) is 13.4. The van der Waals surface area contributed by atoms with Crippen LogP contribution in [-0.2, 0) is 22.7 Å². The molecular formula is C23H38N2O4S. The van der Waals surface area contributed by atoms with Gasteiger partial charge in [0.1, 0.15) is 11.4 Å². The molecule has 7 heteroatoms. The van der Waals surface area contributed by atoms with Crippen molar-refractivity contribution in [1.29, 1.82) is 0 Å². The number of aliphatic hydroxyl groups is 1.